The first-order valence-corrected chi connectivity index (χ1v) is 6.92. The van der Waals surface area contributed by atoms with Crippen LogP contribution in [-0.2, 0) is 0 Å². The number of hydrogen-bond acceptors (Lipinski definition) is 6. The van der Waals surface area contributed by atoms with Crippen LogP contribution in [0.3, 0.4) is 0 Å². The molecule has 0 amide bonds. The lowest BCUT2D eigenvalue weighted by atomic mass is 10.1. The van der Waals surface area contributed by atoms with Crippen LogP contribution in [0.1, 0.15) is 12.1 Å². The van der Waals surface area contributed by atoms with E-state index in [1.54, 1.807) is 0 Å². The number of halogens is 5. The Balaban J connectivity index is 1.89. The van der Waals surface area contributed by atoms with Crippen molar-refractivity contribution in [3.8, 4) is 28.8 Å². The Hall–Kier alpha value is -3.24. The van der Waals surface area contributed by atoms with Crippen LogP contribution in [0.2, 0.25) is 0 Å². The van der Waals surface area contributed by atoms with Gasteiger partial charge in [-0.15, -0.1) is 0 Å². The lowest BCUT2D eigenvalue weighted by molar-refractivity contribution is -0.0503. The van der Waals surface area contributed by atoms with Gasteiger partial charge in [0.15, 0.2) is 11.5 Å². The third-order valence-electron chi connectivity index (χ3n) is 3.00. The van der Waals surface area contributed by atoms with E-state index in [2.05, 4.69) is 19.9 Å². The van der Waals surface area contributed by atoms with Gasteiger partial charge in [-0.1, -0.05) is 11.2 Å². The lowest BCUT2D eigenvalue weighted by Crippen LogP contribution is -2.03. The molecule has 0 saturated heterocycles. The summed E-state index contributed by atoms with van der Waals surface area (Å²) in [5.41, 5.74) is -0.942. The van der Waals surface area contributed by atoms with Crippen LogP contribution in [0.25, 0.3) is 11.3 Å². The van der Waals surface area contributed by atoms with Crippen molar-refractivity contribution in [1.82, 2.24) is 15.1 Å². The van der Waals surface area contributed by atoms with Crippen molar-refractivity contribution in [3.63, 3.8) is 0 Å². The summed E-state index contributed by atoms with van der Waals surface area (Å²) in [5.74, 6) is -1.56. The van der Waals surface area contributed by atoms with Gasteiger partial charge >= 0.3 is 12.6 Å². The van der Waals surface area contributed by atoms with E-state index in [0.717, 1.165) is 24.5 Å². The predicted octanol–water partition coefficient (Wildman–Crippen LogP) is 4.60. The zero-order valence-corrected chi connectivity index (χ0v) is 12.6. The molecule has 26 heavy (non-hydrogen) atoms. The summed E-state index contributed by atoms with van der Waals surface area (Å²) in [4.78, 5) is 7.29. The van der Waals surface area contributed by atoms with E-state index in [9.17, 15) is 22.0 Å². The fraction of sp³-hybridized carbons (Fsp3) is 0.133. The summed E-state index contributed by atoms with van der Waals surface area (Å²) in [6.45, 7) is -3.05. The zero-order valence-electron chi connectivity index (χ0n) is 12.6. The smallest absolute Gasteiger partial charge is 0.387 e. The topological polar surface area (TPSA) is 70.3 Å². The molecule has 0 N–H and O–H groups in total. The van der Waals surface area contributed by atoms with Gasteiger partial charge in [-0.25, -0.2) is 13.2 Å². The first kappa shape index (κ1) is 17.6. The van der Waals surface area contributed by atoms with Crippen LogP contribution in [0.15, 0.2) is 41.2 Å². The van der Waals surface area contributed by atoms with E-state index >= 15 is 0 Å². The number of ether oxygens (including phenoxy) is 2. The molecule has 0 unspecified atom stereocenters. The maximum atomic E-state index is 14.2. The summed E-state index contributed by atoms with van der Waals surface area (Å²) in [5, 5.41) is 3.15. The average Bonchev–Trinajstić information content (AvgIpc) is 3.06. The van der Waals surface area contributed by atoms with Gasteiger partial charge in [0, 0.05) is 6.07 Å². The summed E-state index contributed by atoms with van der Waals surface area (Å²) in [7, 11) is 0. The third kappa shape index (κ3) is 3.87. The normalized spacial score (nSPS) is 11.2. The highest BCUT2D eigenvalue weighted by molar-refractivity contribution is 5.67. The van der Waals surface area contributed by atoms with Gasteiger partial charge in [-0.2, -0.15) is 18.7 Å². The molecular weight excluding hydrogens is 365 g/mol. The first-order valence-electron chi connectivity index (χ1n) is 6.92. The van der Waals surface area contributed by atoms with E-state index in [4.69, 9.17) is 9.26 Å². The minimum absolute atomic E-state index is 0.149. The molecule has 1 aromatic carbocycles. The van der Waals surface area contributed by atoms with Gasteiger partial charge in [-0.3, -0.25) is 0 Å². The summed E-state index contributed by atoms with van der Waals surface area (Å²) >= 11 is 0. The van der Waals surface area contributed by atoms with Gasteiger partial charge in [0.1, 0.15) is 17.3 Å². The van der Waals surface area contributed by atoms with Gasteiger partial charge in [0.05, 0.1) is 18.0 Å². The van der Waals surface area contributed by atoms with Gasteiger partial charge in [0.25, 0.3) is 6.43 Å². The number of hydrogen-bond donors (Lipinski definition) is 0. The van der Waals surface area contributed by atoms with Crippen LogP contribution in [0, 0.1) is 5.82 Å². The number of benzene rings is 1. The molecule has 0 aliphatic heterocycles. The van der Waals surface area contributed by atoms with Crippen LogP contribution in [0.5, 0.6) is 17.5 Å². The second-order valence-electron chi connectivity index (χ2n) is 4.71. The van der Waals surface area contributed by atoms with Crippen LogP contribution < -0.4 is 9.47 Å². The first-order chi connectivity index (χ1) is 12.4. The Labute approximate surface area is 142 Å². The molecule has 0 atom stereocenters. The second-order valence-corrected chi connectivity index (χ2v) is 4.71. The molecule has 3 aromatic rings. The van der Waals surface area contributed by atoms with Crippen molar-refractivity contribution in [2.75, 3.05) is 0 Å². The Bertz CT molecular complexity index is 886. The standard InChI is InChI=1S/C15H8F5N3O3/c16-8-2-1-3-10(12(8)11-4-9(13(17)18)23-26-11)25-15-21-5-7(6-22-15)24-14(19)20/h1-6,13-14H. The van der Waals surface area contributed by atoms with Crippen LogP contribution in [-0.4, -0.2) is 21.7 Å². The molecule has 3 rings (SSSR count). The fourth-order valence-corrected chi connectivity index (χ4v) is 1.96. The maximum absolute atomic E-state index is 14.2. The number of aromatic nitrogens is 3. The van der Waals surface area contributed by atoms with Crippen molar-refractivity contribution in [1.29, 1.82) is 0 Å². The molecule has 0 aliphatic rings. The van der Waals surface area contributed by atoms with Crippen molar-refractivity contribution >= 4 is 0 Å². The summed E-state index contributed by atoms with van der Waals surface area (Å²) < 4.78 is 77.7. The van der Waals surface area contributed by atoms with Gasteiger partial charge < -0.3 is 14.0 Å². The molecule has 2 aromatic heterocycles. The van der Waals surface area contributed by atoms with Crippen molar-refractivity contribution in [2.45, 2.75) is 13.0 Å². The van der Waals surface area contributed by atoms with Crippen LogP contribution in [0.4, 0.5) is 22.0 Å². The van der Waals surface area contributed by atoms with E-state index in [1.807, 2.05) is 0 Å². The highest BCUT2D eigenvalue weighted by Crippen LogP contribution is 2.36. The Morgan fingerprint density at radius 3 is 2.38 bits per heavy atom. The molecular formula is C15H8F5N3O3. The molecule has 0 bridgehead atoms. The molecule has 2 heterocycles. The van der Waals surface area contributed by atoms with Crippen LogP contribution >= 0.6 is 0 Å². The summed E-state index contributed by atoms with van der Waals surface area (Å²) in [6, 6.07) is 4.24. The number of alkyl halides is 4. The molecule has 0 fully saturated rings. The zero-order chi connectivity index (χ0) is 18.7. The molecule has 0 saturated carbocycles. The molecule has 0 radical (unpaired) electrons. The van der Waals surface area contributed by atoms with E-state index in [1.165, 1.54) is 12.1 Å². The molecule has 136 valence electrons. The SMILES string of the molecule is Fc1cccc(Oc2ncc(OC(F)F)cn2)c1-c1cc(C(F)F)no1. The quantitative estimate of drug-likeness (QED) is 0.588. The number of rotatable bonds is 6. The van der Waals surface area contributed by atoms with Gasteiger partial charge in [-0.05, 0) is 12.1 Å². The van der Waals surface area contributed by atoms with Gasteiger partial charge in [0.2, 0.25) is 0 Å². The van der Waals surface area contributed by atoms with E-state index in [-0.39, 0.29) is 28.8 Å². The highest BCUT2D eigenvalue weighted by Gasteiger charge is 2.21. The van der Waals surface area contributed by atoms with Crippen molar-refractivity contribution in [3.05, 3.63) is 48.2 Å². The summed E-state index contributed by atoms with van der Waals surface area (Å²) in [6.07, 6.45) is -1.04. The van der Waals surface area contributed by atoms with E-state index in [0.29, 0.717) is 0 Å². The second kappa shape index (κ2) is 7.33. The minimum atomic E-state index is -3.05. The lowest BCUT2D eigenvalue weighted by Gasteiger charge is -2.09. The van der Waals surface area contributed by atoms with Crippen molar-refractivity contribution in [2.24, 2.45) is 0 Å². The largest absolute Gasteiger partial charge is 0.432 e. The Kier molecular flexibility index (Phi) is 4.96. The van der Waals surface area contributed by atoms with E-state index < -0.39 is 24.5 Å². The third-order valence-corrected chi connectivity index (χ3v) is 3.00. The Morgan fingerprint density at radius 2 is 1.77 bits per heavy atom. The maximum Gasteiger partial charge on any atom is 0.387 e. The molecule has 0 aliphatic carbocycles. The molecule has 6 nitrogen and oxygen atoms in total. The highest BCUT2D eigenvalue weighted by atomic mass is 19.3. The predicted molar refractivity (Wildman–Crippen MR) is 75.6 cm³/mol. The molecule has 0 spiro atoms. The minimum Gasteiger partial charge on any atom is -0.432 e. The number of nitrogens with zero attached hydrogens (tertiary/aromatic N) is 3. The van der Waals surface area contributed by atoms with Crippen molar-refractivity contribution < 1.29 is 35.9 Å². The average molecular weight is 373 g/mol. The fourth-order valence-electron chi connectivity index (χ4n) is 1.96. The Morgan fingerprint density at radius 1 is 1.04 bits per heavy atom. The molecule has 11 heteroatoms. The monoisotopic (exact) mass is 373 g/mol.